The van der Waals surface area contributed by atoms with E-state index in [1.54, 1.807) is 0 Å². The van der Waals surface area contributed by atoms with Gasteiger partial charge in [0.05, 0.1) is 18.8 Å². The molecule has 0 aromatic heterocycles. The van der Waals surface area contributed by atoms with Crippen LogP contribution in [0.1, 0.15) is 52.7 Å². The molecule has 3 atom stereocenters. The normalized spacial score (nSPS) is 23.5. The van der Waals surface area contributed by atoms with Gasteiger partial charge >= 0.3 is 0 Å². The summed E-state index contributed by atoms with van der Waals surface area (Å²) in [6.45, 7) is 13.9. The van der Waals surface area contributed by atoms with Gasteiger partial charge in [-0.1, -0.05) is 39.8 Å². The van der Waals surface area contributed by atoms with Crippen LogP contribution in [-0.4, -0.2) is 18.8 Å². The van der Waals surface area contributed by atoms with E-state index >= 15 is 0 Å². The summed E-state index contributed by atoms with van der Waals surface area (Å²) in [7, 11) is 0. The first kappa shape index (κ1) is 15.4. The maximum atomic E-state index is 5.79. The van der Waals surface area contributed by atoms with Crippen molar-refractivity contribution >= 4 is 0 Å². The zero-order valence-electron chi connectivity index (χ0n) is 13.7. The van der Waals surface area contributed by atoms with Crippen LogP contribution >= 0.6 is 0 Å². The Labute approximate surface area is 123 Å². The predicted octanol–water partition coefficient (Wildman–Crippen LogP) is 4.35. The van der Waals surface area contributed by atoms with Crippen LogP contribution in [0.15, 0.2) is 18.2 Å². The molecular weight excluding hydrogens is 248 g/mol. The lowest BCUT2D eigenvalue weighted by molar-refractivity contribution is 0.317. The Balaban J connectivity index is 2.22. The molecule has 2 rings (SSSR count). The molecular formula is C18H28O2. The molecule has 0 amide bonds. The van der Waals surface area contributed by atoms with Crippen LogP contribution in [0, 0.1) is 5.92 Å². The van der Waals surface area contributed by atoms with Crippen molar-refractivity contribution in [2.45, 2.75) is 65.6 Å². The van der Waals surface area contributed by atoms with Crippen molar-refractivity contribution in [2.24, 2.45) is 5.92 Å². The fraction of sp³-hybridized carbons (Fsp3) is 0.667. The summed E-state index contributed by atoms with van der Waals surface area (Å²) >= 11 is 0. The quantitative estimate of drug-likeness (QED) is 0.746. The van der Waals surface area contributed by atoms with Crippen molar-refractivity contribution in [3.8, 4) is 5.75 Å². The molecule has 1 heterocycles. The Morgan fingerprint density at radius 2 is 1.95 bits per heavy atom. The van der Waals surface area contributed by atoms with Crippen molar-refractivity contribution in [3.05, 3.63) is 29.3 Å². The summed E-state index contributed by atoms with van der Waals surface area (Å²) in [5.41, 5.74) is 2.86. The maximum Gasteiger partial charge on any atom is 0.122 e. The Hall–Kier alpha value is -1.02. The van der Waals surface area contributed by atoms with E-state index < -0.39 is 0 Å². The van der Waals surface area contributed by atoms with E-state index in [-0.39, 0.29) is 5.41 Å². The van der Waals surface area contributed by atoms with Gasteiger partial charge in [-0.3, -0.25) is 0 Å². The first-order valence-corrected chi connectivity index (χ1v) is 7.74. The molecule has 1 fully saturated rings. The fourth-order valence-electron chi connectivity index (χ4n) is 2.76. The summed E-state index contributed by atoms with van der Waals surface area (Å²) in [4.78, 5) is 0. The number of hydrogen-bond donors (Lipinski definition) is 0. The second kappa shape index (κ2) is 5.77. The average molecular weight is 276 g/mol. The van der Waals surface area contributed by atoms with E-state index in [1.165, 1.54) is 11.1 Å². The molecule has 20 heavy (non-hydrogen) atoms. The minimum Gasteiger partial charge on any atom is -0.494 e. The summed E-state index contributed by atoms with van der Waals surface area (Å²) in [6, 6.07) is 6.63. The average Bonchev–Trinajstić information content (AvgIpc) is 3.07. The minimum atomic E-state index is 0.173. The van der Waals surface area contributed by atoms with Crippen LogP contribution in [-0.2, 0) is 16.6 Å². The van der Waals surface area contributed by atoms with Crippen LogP contribution in [0.25, 0.3) is 0 Å². The van der Waals surface area contributed by atoms with Gasteiger partial charge in [0.1, 0.15) is 5.75 Å². The first-order chi connectivity index (χ1) is 9.32. The first-order valence-electron chi connectivity index (χ1n) is 7.74. The van der Waals surface area contributed by atoms with Crippen molar-refractivity contribution in [1.29, 1.82) is 0 Å². The van der Waals surface area contributed by atoms with Gasteiger partial charge in [0.15, 0.2) is 0 Å². The Bertz CT molecular complexity index is 459. The van der Waals surface area contributed by atoms with Crippen LogP contribution in [0.4, 0.5) is 0 Å². The monoisotopic (exact) mass is 276 g/mol. The zero-order valence-corrected chi connectivity index (χ0v) is 13.7. The SMILES string of the molecule is CCOc1ccc(C(C)(C)C)cc1CC(C)C1OC1C. The highest BCUT2D eigenvalue weighted by atomic mass is 16.6. The lowest BCUT2D eigenvalue weighted by atomic mass is 9.84. The van der Waals surface area contributed by atoms with Gasteiger partial charge in [-0.2, -0.15) is 0 Å². The molecule has 3 unspecified atom stereocenters. The molecule has 0 saturated carbocycles. The third-order valence-corrected chi connectivity index (χ3v) is 4.09. The van der Waals surface area contributed by atoms with Crippen molar-refractivity contribution in [3.63, 3.8) is 0 Å². The molecule has 0 N–H and O–H groups in total. The van der Waals surface area contributed by atoms with Gasteiger partial charge in [0.2, 0.25) is 0 Å². The van der Waals surface area contributed by atoms with Gasteiger partial charge in [-0.15, -0.1) is 0 Å². The molecule has 1 aliphatic rings. The van der Waals surface area contributed by atoms with E-state index in [0.717, 1.165) is 12.2 Å². The standard InChI is InChI=1S/C18H28O2/c1-7-19-16-9-8-15(18(4,5)6)11-14(16)10-12(2)17-13(3)20-17/h8-9,11-13,17H,7,10H2,1-6H3. The summed E-state index contributed by atoms with van der Waals surface area (Å²) in [5, 5.41) is 0. The number of ether oxygens (including phenoxy) is 2. The molecule has 1 saturated heterocycles. The van der Waals surface area contributed by atoms with E-state index in [0.29, 0.717) is 24.7 Å². The second-order valence-corrected chi connectivity index (χ2v) is 6.99. The molecule has 0 spiro atoms. The third kappa shape index (κ3) is 3.54. The van der Waals surface area contributed by atoms with E-state index in [1.807, 2.05) is 6.92 Å². The topological polar surface area (TPSA) is 21.8 Å². The smallest absolute Gasteiger partial charge is 0.122 e. The lowest BCUT2D eigenvalue weighted by Gasteiger charge is -2.22. The molecule has 2 nitrogen and oxygen atoms in total. The Morgan fingerprint density at radius 1 is 1.30 bits per heavy atom. The number of benzene rings is 1. The van der Waals surface area contributed by atoms with Crippen molar-refractivity contribution < 1.29 is 9.47 Å². The van der Waals surface area contributed by atoms with Gasteiger partial charge in [-0.25, -0.2) is 0 Å². The number of hydrogen-bond acceptors (Lipinski definition) is 2. The zero-order chi connectivity index (χ0) is 14.9. The Kier molecular flexibility index (Phi) is 4.43. The van der Waals surface area contributed by atoms with Crippen molar-refractivity contribution in [1.82, 2.24) is 0 Å². The van der Waals surface area contributed by atoms with Gasteiger partial charge in [0.25, 0.3) is 0 Å². The summed E-state index contributed by atoms with van der Waals surface area (Å²) < 4.78 is 11.4. The Morgan fingerprint density at radius 3 is 2.45 bits per heavy atom. The molecule has 112 valence electrons. The molecule has 1 aliphatic heterocycles. The van der Waals surface area contributed by atoms with Crippen LogP contribution < -0.4 is 4.74 Å². The molecule has 0 aliphatic carbocycles. The highest BCUT2D eigenvalue weighted by Gasteiger charge is 2.39. The number of rotatable bonds is 5. The van der Waals surface area contributed by atoms with Gasteiger partial charge in [-0.05, 0) is 48.8 Å². The van der Waals surface area contributed by atoms with E-state index in [2.05, 4.69) is 52.8 Å². The summed E-state index contributed by atoms with van der Waals surface area (Å²) in [6.07, 6.45) is 1.86. The van der Waals surface area contributed by atoms with Crippen molar-refractivity contribution in [2.75, 3.05) is 6.61 Å². The highest BCUT2D eigenvalue weighted by Crippen LogP contribution is 2.34. The number of epoxide rings is 1. The predicted molar refractivity (Wildman–Crippen MR) is 83.5 cm³/mol. The molecule has 1 aromatic rings. The maximum absolute atomic E-state index is 5.79. The molecule has 0 bridgehead atoms. The van der Waals surface area contributed by atoms with E-state index in [4.69, 9.17) is 9.47 Å². The summed E-state index contributed by atoms with van der Waals surface area (Å²) in [5.74, 6) is 1.57. The molecule has 2 heteroatoms. The third-order valence-electron chi connectivity index (χ3n) is 4.09. The van der Waals surface area contributed by atoms with E-state index in [9.17, 15) is 0 Å². The highest BCUT2D eigenvalue weighted by molar-refractivity contribution is 5.40. The van der Waals surface area contributed by atoms with Crippen LogP contribution in [0.2, 0.25) is 0 Å². The minimum absolute atomic E-state index is 0.173. The van der Waals surface area contributed by atoms with Gasteiger partial charge < -0.3 is 9.47 Å². The second-order valence-electron chi connectivity index (χ2n) is 6.99. The molecule has 1 aromatic carbocycles. The molecule has 0 radical (unpaired) electrons. The van der Waals surface area contributed by atoms with Crippen LogP contribution in [0.5, 0.6) is 5.75 Å². The van der Waals surface area contributed by atoms with Gasteiger partial charge in [0, 0.05) is 0 Å². The van der Waals surface area contributed by atoms with Crippen LogP contribution in [0.3, 0.4) is 0 Å². The lowest BCUT2D eigenvalue weighted by Crippen LogP contribution is -2.14. The fourth-order valence-corrected chi connectivity index (χ4v) is 2.76. The largest absolute Gasteiger partial charge is 0.494 e.